The molecule has 0 unspecified atom stereocenters. The van der Waals surface area contributed by atoms with Crippen molar-refractivity contribution in [2.45, 2.75) is 12.8 Å². The third-order valence-corrected chi connectivity index (χ3v) is 0.773. The summed E-state index contributed by atoms with van der Waals surface area (Å²) in [6.45, 7) is 0.247. The predicted octanol–water partition coefficient (Wildman–Crippen LogP) is 0.297. The summed E-state index contributed by atoms with van der Waals surface area (Å²) >= 11 is 0. The minimum atomic E-state index is 0.247. The Morgan fingerprint density at radius 1 is 1.09 bits per heavy atom. The molecule has 0 fully saturated rings. The Labute approximate surface area is 67.1 Å². The molecule has 0 aliphatic heterocycles. The van der Waals surface area contributed by atoms with Gasteiger partial charge in [-0.1, -0.05) is 29.6 Å². The van der Waals surface area contributed by atoms with Crippen molar-refractivity contribution in [3.05, 3.63) is 0 Å². The van der Waals surface area contributed by atoms with Gasteiger partial charge in [0.25, 0.3) is 0 Å². The molecule has 11 heavy (non-hydrogen) atoms. The highest BCUT2D eigenvalue weighted by molar-refractivity contribution is 5.14. The van der Waals surface area contributed by atoms with Crippen LogP contribution in [0, 0.1) is 36.0 Å². The Hall–Kier alpha value is -1.40. The maximum atomic E-state index is 4.97. The number of terminal acetylenes is 1. The molecule has 0 saturated heterocycles. The van der Waals surface area contributed by atoms with E-state index in [2.05, 4.69) is 34.4 Å². The Bertz CT molecular complexity index is 241. The quantitative estimate of drug-likeness (QED) is 0.427. The lowest BCUT2D eigenvalue weighted by molar-refractivity contribution is 0.173. The van der Waals surface area contributed by atoms with E-state index in [0.29, 0.717) is 12.8 Å². The number of hydrogen-bond acceptors (Lipinski definition) is 2. The van der Waals surface area contributed by atoms with Crippen molar-refractivity contribution >= 4 is 0 Å². The van der Waals surface area contributed by atoms with E-state index in [1.807, 2.05) is 0 Å². The second kappa shape index (κ2) is 8.60. The molecule has 2 nitrogen and oxygen atoms in total. The molecule has 2 N–H and O–H groups in total. The summed E-state index contributed by atoms with van der Waals surface area (Å²) in [5.74, 6) is 18.1. The molecule has 0 atom stereocenters. The first-order valence-electron chi connectivity index (χ1n) is 3.08. The lowest BCUT2D eigenvalue weighted by atomic mass is 10.4. The van der Waals surface area contributed by atoms with Gasteiger partial charge in [0.1, 0.15) is 6.61 Å². The van der Waals surface area contributed by atoms with Crippen LogP contribution in [0.5, 0.6) is 0 Å². The fraction of sp³-hybridized carbons (Fsp3) is 0.333. The standard InChI is InChI=1S/C9H9NO/c1-2-3-4-5-6-7-8-9-11-10/h1H,3,6,9-10H2. The molecule has 0 radical (unpaired) electrons. The van der Waals surface area contributed by atoms with Gasteiger partial charge in [0.05, 0.1) is 12.8 Å². The second-order valence-corrected chi connectivity index (χ2v) is 1.58. The molecule has 0 bridgehead atoms. The fourth-order valence-electron chi connectivity index (χ4n) is 0.375. The summed E-state index contributed by atoms with van der Waals surface area (Å²) in [4.78, 5) is 4.22. The van der Waals surface area contributed by atoms with Crippen molar-refractivity contribution in [3.63, 3.8) is 0 Å². The van der Waals surface area contributed by atoms with E-state index < -0.39 is 0 Å². The average molecular weight is 147 g/mol. The molecular formula is C9H9NO. The van der Waals surface area contributed by atoms with Crippen molar-refractivity contribution in [1.29, 1.82) is 0 Å². The molecule has 0 aliphatic rings. The maximum absolute atomic E-state index is 4.97. The smallest absolute Gasteiger partial charge is 0.128 e. The summed E-state index contributed by atoms with van der Waals surface area (Å²) in [5, 5.41) is 0. The van der Waals surface area contributed by atoms with E-state index in [1.165, 1.54) is 0 Å². The van der Waals surface area contributed by atoms with Crippen LogP contribution < -0.4 is 5.90 Å². The van der Waals surface area contributed by atoms with Gasteiger partial charge in [-0.2, -0.15) is 0 Å². The van der Waals surface area contributed by atoms with Gasteiger partial charge in [-0.15, -0.1) is 6.42 Å². The molecule has 0 rings (SSSR count). The molecule has 0 aliphatic carbocycles. The topological polar surface area (TPSA) is 35.2 Å². The summed E-state index contributed by atoms with van der Waals surface area (Å²) in [6, 6.07) is 0. The van der Waals surface area contributed by atoms with Crippen molar-refractivity contribution in [2.24, 2.45) is 5.90 Å². The molecule has 0 aromatic carbocycles. The van der Waals surface area contributed by atoms with Gasteiger partial charge in [-0.3, -0.25) is 4.84 Å². The summed E-state index contributed by atoms with van der Waals surface area (Å²) < 4.78 is 0. The summed E-state index contributed by atoms with van der Waals surface area (Å²) in [7, 11) is 0. The van der Waals surface area contributed by atoms with Gasteiger partial charge >= 0.3 is 0 Å². The van der Waals surface area contributed by atoms with Crippen LogP contribution in [0.2, 0.25) is 0 Å². The maximum Gasteiger partial charge on any atom is 0.128 e. The molecule has 0 spiro atoms. The average Bonchev–Trinajstić information content (AvgIpc) is 2.03. The molecule has 0 heterocycles. The highest BCUT2D eigenvalue weighted by atomic mass is 16.6. The minimum Gasteiger partial charge on any atom is -0.292 e. The van der Waals surface area contributed by atoms with Gasteiger partial charge in [-0.05, 0) is 0 Å². The third-order valence-electron chi connectivity index (χ3n) is 0.773. The lowest BCUT2D eigenvalue weighted by Crippen LogP contribution is -1.97. The predicted molar refractivity (Wildman–Crippen MR) is 43.8 cm³/mol. The number of rotatable bonds is 1. The van der Waals surface area contributed by atoms with E-state index in [0.717, 1.165) is 0 Å². The largest absolute Gasteiger partial charge is 0.292 e. The van der Waals surface area contributed by atoms with Crippen LogP contribution in [0.15, 0.2) is 0 Å². The number of hydrogen-bond donors (Lipinski definition) is 1. The molecule has 56 valence electrons. The summed E-state index contributed by atoms with van der Waals surface area (Å²) in [6.07, 6.45) is 5.97. The zero-order valence-corrected chi connectivity index (χ0v) is 6.18. The van der Waals surface area contributed by atoms with E-state index in [9.17, 15) is 0 Å². The Morgan fingerprint density at radius 2 is 1.73 bits per heavy atom. The Morgan fingerprint density at radius 3 is 2.36 bits per heavy atom. The van der Waals surface area contributed by atoms with Crippen LogP contribution in [-0.4, -0.2) is 6.61 Å². The van der Waals surface area contributed by atoms with E-state index in [1.54, 1.807) is 0 Å². The molecule has 0 saturated carbocycles. The van der Waals surface area contributed by atoms with Crippen molar-refractivity contribution < 1.29 is 4.84 Å². The molecule has 0 aromatic rings. The SMILES string of the molecule is C#CCC#CCC#CCON. The fourth-order valence-corrected chi connectivity index (χ4v) is 0.375. The van der Waals surface area contributed by atoms with Crippen LogP contribution in [0.1, 0.15) is 12.8 Å². The monoisotopic (exact) mass is 147 g/mol. The normalized spacial score (nSPS) is 6.55. The van der Waals surface area contributed by atoms with Gasteiger partial charge in [0.2, 0.25) is 0 Å². The second-order valence-electron chi connectivity index (χ2n) is 1.58. The zero-order chi connectivity index (χ0) is 8.36. The van der Waals surface area contributed by atoms with E-state index in [4.69, 9.17) is 12.3 Å². The van der Waals surface area contributed by atoms with Crippen molar-refractivity contribution in [1.82, 2.24) is 0 Å². The molecule has 0 amide bonds. The van der Waals surface area contributed by atoms with Crippen LogP contribution >= 0.6 is 0 Å². The van der Waals surface area contributed by atoms with Crippen LogP contribution in [-0.2, 0) is 4.84 Å². The van der Waals surface area contributed by atoms with Gasteiger partial charge in [-0.25, -0.2) is 5.90 Å². The van der Waals surface area contributed by atoms with Crippen LogP contribution in [0.4, 0.5) is 0 Å². The van der Waals surface area contributed by atoms with Crippen molar-refractivity contribution in [2.75, 3.05) is 6.61 Å². The molecule has 0 aromatic heterocycles. The first kappa shape index (κ1) is 9.60. The van der Waals surface area contributed by atoms with Gasteiger partial charge in [0, 0.05) is 0 Å². The Balaban J connectivity index is 3.38. The Kier molecular flexibility index (Phi) is 7.51. The highest BCUT2D eigenvalue weighted by Crippen LogP contribution is 1.73. The minimum absolute atomic E-state index is 0.247. The summed E-state index contributed by atoms with van der Waals surface area (Å²) in [5.41, 5.74) is 0. The first-order chi connectivity index (χ1) is 5.41. The number of nitrogens with two attached hydrogens (primary N) is 1. The zero-order valence-electron chi connectivity index (χ0n) is 6.18. The first-order valence-corrected chi connectivity index (χ1v) is 3.08. The lowest BCUT2D eigenvalue weighted by Gasteiger charge is -1.79. The molecule has 2 heteroatoms. The van der Waals surface area contributed by atoms with Gasteiger partial charge < -0.3 is 0 Å². The van der Waals surface area contributed by atoms with E-state index in [-0.39, 0.29) is 6.61 Å². The highest BCUT2D eigenvalue weighted by Gasteiger charge is 1.68. The van der Waals surface area contributed by atoms with E-state index >= 15 is 0 Å². The van der Waals surface area contributed by atoms with Crippen LogP contribution in [0.3, 0.4) is 0 Å². The third kappa shape index (κ3) is 8.60. The van der Waals surface area contributed by atoms with Crippen molar-refractivity contribution in [3.8, 4) is 36.0 Å². The molecular weight excluding hydrogens is 138 g/mol. The van der Waals surface area contributed by atoms with Crippen LogP contribution in [0.25, 0.3) is 0 Å². The van der Waals surface area contributed by atoms with Gasteiger partial charge in [0.15, 0.2) is 0 Å².